The number of anilines is 1. The minimum absolute atomic E-state index is 0.210. The number of nitrogens with zero attached hydrogens (tertiary/aromatic N) is 3. The zero-order chi connectivity index (χ0) is 22.1. The minimum atomic E-state index is -0.303. The predicted octanol–water partition coefficient (Wildman–Crippen LogP) is 6.34. The summed E-state index contributed by atoms with van der Waals surface area (Å²) >= 11 is 7.73. The van der Waals surface area contributed by atoms with Gasteiger partial charge in [-0.2, -0.15) is 0 Å². The lowest BCUT2D eigenvalue weighted by molar-refractivity contribution is 0.0960. The fourth-order valence-corrected chi connectivity index (χ4v) is 4.73. The minimum Gasteiger partial charge on any atom is -0.490 e. The van der Waals surface area contributed by atoms with Crippen molar-refractivity contribution in [2.45, 2.75) is 13.5 Å². The number of aromatic nitrogens is 2. The van der Waals surface area contributed by atoms with E-state index in [0.717, 1.165) is 15.6 Å². The van der Waals surface area contributed by atoms with Gasteiger partial charge in [-0.15, -0.1) is 0 Å². The first-order valence-corrected chi connectivity index (χ1v) is 11.2. The molecule has 2 aromatic carbocycles. The number of carbonyl (C=O) groups is 1. The van der Waals surface area contributed by atoms with Gasteiger partial charge in [-0.05, 0) is 42.8 Å². The number of para-hydroxylation sites is 2. The van der Waals surface area contributed by atoms with Crippen LogP contribution < -0.4 is 9.64 Å². The van der Waals surface area contributed by atoms with Crippen LogP contribution in [0.2, 0.25) is 5.02 Å². The molecule has 1 amide bonds. The van der Waals surface area contributed by atoms with Gasteiger partial charge in [0.1, 0.15) is 5.52 Å². The topological polar surface area (TPSA) is 68.5 Å². The number of hydrogen-bond acceptors (Lipinski definition) is 6. The molecule has 0 radical (unpaired) electrons. The van der Waals surface area contributed by atoms with Gasteiger partial charge in [0.15, 0.2) is 22.2 Å². The number of carbonyl (C=O) groups excluding carboxylic acids is 1. The summed E-state index contributed by atoms with van der Waals surface area (Å²) < 4.78 is 12.5. The Balaban J connectivity index is 1.59. The number of furan rings is 1. The molecule has 0 atom stereocenters. The molecule has 0 saturated carbocycles. The molecule has 0 N–H and O–H groups in total. The van der Waals surface area contributed by atoms with Gasteiger partial charge in [0.05, 0.1) is 22.9 Å². The summed E-state index contributed by atoms with van der Waals surface area (Å²) in [6.45, 7) is 2.70. The predicted molar refractivity (Wildman–Crippen MR) is 127 cm³/mol. The van der Waals surface area contributed by atoms with E-state index in [1.807, 2.05) is 49.4 Å². The van der Waals surface area contributed by atoms with Crippen molar-refractivity contribution in [3.8, 4) is 5.75 Å². The molecule has 32 heavy (non-hydrogen) atoms. The summed E-state index contributed by atoms with van der Waals surface area (Å²) in [5.41, 5.74) is 2.09. The van der Waals surface area contributed by atoms with Crippen LogP contribution in [0.15, 0.2) is 71.4 Å². The Kier molecular flexibility index (Phi) is 5.51. The molecule has 3 aromatic heterocycles. The van der Waals surface area contributed by atoms with Crippen LogP contribution in [0.5, 0.6) is 5.75 Å². The number of pyridine rings is 1. The van der Waals surface area contributed by atoms with Crippen molar-refractivity contribution in [1.29, 1.82) is 0 Å². The molecular formula is C24H18ClN3O3S. The summed E-state index contributed by atoms with van der Waals surface area (Å²) in [5, 5.41) is 1.88. The van der Waals surface area contributed by atoms with E-state index in [9.17, 15) is 4.79 Å². The van der Waals surface area contributed by atoms with Crippen molar-refractivity contribution in [3.05, 3.63) is 83.3 Å². The Morgan fingerprint density at radius 2 is 2.06 bits per heavy atom. The summed E-state index contributed by atoms with van der Waals surface area (Å²) in [6, 6.07) is 16.7. The van der Waals surface area contributed by atoms with E-state index in [2.05, 4.69) is 9.97 Å². The Bertz CT molecular complexity index is 1410. The maximum atomic E-state index is 13.7. The number of amides is 1. The molecule has 8 heteroatoms. The van der Waals surface area contributed by atoms with Crippen molar-refractivity contribution in [2.24, 2.45) is 0 Å². The van der Waals surface area contributed by atoms with Crippen molar-refractivity contribution >= 4 is 55.2 Å². The highest BCUT2D eigenvalue weighted by atomic mass is 35.5. The summed E-state index contributed by atoms with van der Waals surface area (Å²) in [7, 11) is 0. The van der Waals surface area contributed by atoms with Gasteiger partial charge < -0.3 is 9.15 Å². The van der Waals surface area contributed by atoms with Gasteiger partial charge >= 0.3 is 0 Å². The maximum absolute atomic E-state index is 13.7. The molecule has 0 aliphatic rings. The van der Waals surface area contributed by atoms with Crippen molar-refractivity contribution < 1.29 is 13.9 Å². The average Bonchev–Trinajstić information content (AvgIpc) is 3.44. The van der Waals surface area contributed by atoms with E-state index in [-0.39, 0.29) is 11.7 Å². The van der Waals surface area contributed by atoms with Crippen LogP contribution in [-0.4, -0.2) is 22.5 Å². The van der Waals surface area contributed by atoms with Gasteiger partial charge in [-0.25, -0.2) is 4.98 Å². The van der Waals surface area contributed by atoms with Crippen molar-refractivity contribution in [3.63, 3.8) is 0 Å². The third kappa shape index (κ3) is 3.81. The molecule has 0 aliphatic carbocycles. The van der Waals surface area contributed by atoms with Gasteiger partial charge in [-0.1, -0.05) is 47.2 Å². The van der Waals surface area contributed by atoms with Gasteiger partial charge in [0, 0.05) is 17.8 Å². The summed E-state index contributed by atoms with van der Waals surface area (Å²) in [4.78, 5) is 24.1. The van der Waals surface area contributed by atoms with E-state index in [1.54, 1.807) is 29.4 Å². The van der Waals surface area contributed by atoms with Crippen LogP contribution in [0, 0.1) is 0 Å². The van der Waals surface area contributed by atoms with Gasteiger partial charge in [0.2, 0.25) is 0 Å². The number of benzene rings is 2. The smallest absolute Gasteiger partial charge is 0.296 e. The summed E-state index contributed by atoms with van der Waals surface area (Å²) in [6.07, 6.45) is 3.42. The fraction of sp³-hybridized carbons (Fsp3) is 0.125. The maximum Gasteiger partial charge on any atom is 0.296 e. The first-order valence-electron chi connectivity index (χ1n) is 10.0. The van der Waals surface area contributed by atoms with Crippen molar-refractivity contribution in [1.82, 2.24) is 9.97 Å². The summed E-state index contributed by atoms with van der Waals surface area (Å²) in [5.74, 6) is 0.513. The number of rotatable bonds is 6. The fourth-order valence-electron chi connectivity index (χ4n) is 3.46. The quantitative estimate of drug-likeness (QED) is 0.294. The molecule has 0 bridgehead atoms. The Morgan fingerprint density at radius 3 is 2.84 bits per heavy atom. The lowest BCUT2D eigenvalue weighted by Crippen LogP contribution is -2.30. The van der Waals surface area contributed by atoms with E-state index in [0.29, 0.717) is 40.2 Å². The number of ether oxygens (including phenoxy) is 1. The number of thiazole rings is 1. The van der Waals surface area contributed by atoms with Crippen LogP contribution in [-0.2, 0) is 6.54 Å². The Labute approximate surface area is 193 Å². The first-order chi connectivity index (χ1) is 15.6. The second-order valence-corrected chi connectivity index (χ2v) is 8.47. The van der Waals surface area contributed by atoms with Crippen LogP contribution in [0.1, 0.15) is 23.0 Å². The highest BCUT2D eigenvalue weighted by Crippen LogP contribution is 2.35. The van der Waals surface area contributed by atoms with Crippen LogP contribution >= 0.6 is 22.9 Å². The highest BCUT2D eigenvalue weighted by molar-refractivity contribution is 7.22. The van der Waals surface area contributed by atoms with Crippen LogP contribution in [0.4, 0.5) is 5.13 Å². The SMILES string of the molecule is CCOc1cccc2cc(C(=O)N(Cc3cccnc3)c3nc4c(Cl)cccc4s3)oc12. The molecule has 0 fully saturated rings. The van der Waals surface area contributed by atoms with Crippen molar-refractivity contribution in [2.75, 3.05) is 11.5 Å². The third-order valence-electron chi connectivity index (χ3n) is 4.92. The van der Waals surface area contributed by atoms with E-state index in [4.69, 9.17) is 20.8 Å². The molecule has 0 saturated heterocycles. The molecule has 5 aromatic rings. The lowest BCUT2D eigenvalue weighted by atomic mass is 10.2. The van der Waals surface area contributed by atoms with E-state index < -0.39 is 0 Å². The first kappa shape index (κ1) is 20.5. The number of fused-ring (bicyclic) bond motifs is 2. The van der Waals surface area contributed by atoms with E-state index in [1.165, 1.54) is 11.3 Å². The molecule has 160 valence electrons. The second-order valence-electron chi connectivity index (χ2n) is 7.05. The van der Waals surface area contributed by atoms with Gasteiger partial charge in [0.25, 0.3) is 5.91 Å². The number of halogens is 1. The Morgan fingerprint density at radius 1 is 1.19 bits per heavy atom. The van der Waals surface area contributed by atoms with E-state index >= 15 is 0 Å². The highest BCUT2D eigenvalue weighted by Gasteiger charge is 2.26. The average molecular weight is 464 g/mol. The van der Waals surface area contributed by atoms with Gasteiger partial charge in [-0.3, -0.25) is 14.7 Å². The molecule has 0 spiro atoms. The zero-order valence-electron chi connectivity index (χ0n) is 17.1. The molecular weight excluding hydrogens is 446 g/mol. The zero-order valence-corrected chi connectivity index (χ0v) is 18.7. The second kappa shape index (κ2) is 8.61. The number of hydrogen-bond donors (Lipinski definition) is 0. The monoisotopic (exact) mass is 463 g/mol. The molecule has 3 heterocycles. The van der Waals surface area contributed by atoms with Crippen LogP contribution in [0.25, 0.3) is 21.2 Å². The molecule has 0 unspecified atom stereocenters. The standard InChI is InChI=1S/C24H18ClN3O3S/c1-2-30-18-9-3-7-16-12-19(31-22(16)18)23(29)28(14-15-6-5-11-26-13-15)24-27-21-17(25)8-4-10-20(21)32-24/h3-13H,2,14H2,1H3. The normalized spacial score (nSPS) is 11.2. The molecule has 6 nitrogen and oxygen atoms in total. The Hall–Kier alpha value is -3.42. The largest absolute Gasteiger partial charge is 0.490 e. The van der Waals surface area contributed by atoms with Crippen LogP contribution in [0.3, 0.4) is 0 Å². The lowest BCUT2D eigenvalue weighted by Gasteiger charge is -2.18. The molecule has 0 aliphatic heterocycles. The molecule has 5 rings (SSSR count). The third-order valence-corrected chi connectivity index (χ3v) is 6.27.